The van der Waals surface area contributed by atoms with Crippen molar-refractivity contribution in [2.75, 3.05) is 24.4 Å². The van der Waals surface area contributed by atoms with Crippen molar-refractivity contribution in [1.82, 2.24) is 4.98 Å². The fourth-order valence-corrected chi connectivity index (χ4v) is 4.54. The van der Waals surface area contributed by atoms with Crippen molar-refractivity contribution in [2.45, 2.75) is 32.1 Å². The van der Waals surface area contributed by atoms with Crippen molar-refractivity contribution < 1.29 is 61.3 Å². The van der Waals surface area contributed by atoms with Gasteiger partial charge in [-0.2, -0.15) is 0 Å². The first-order valence-corrected chi connectivity index (χ1v) is 13.8. The molecule has 3 aromatic carbocycles. The van der Waals surface area contributed by atoms with Gasteiger partial charge in [-0.05, 0) is 80.6 Å². The summed E-state index contributed by atoms with van der Waals surface area (Å²) in [6, 6.07) is 14.0. The van der Waals surface area contributed by atoms with Crippen molar-refractivity contribution in [3.63, 3.8) is 0 Å². The van der Waals surface area contributed by atoms with Gasteiger partial charge in [0.15, 0.2) is 23.1 Å². The summed E-state index contributed by atoms with van der Waals surface area (Å²) in [5.41, 5.74) is -0.304. The van der Waals surface area contributed by atoms with Gasteiger partial charge in [0.2, 0.25) is 11.8 Å². The molecule has 2 amide bonds. The van der Waals surface area contributed by atoms with Crippen LogP contribution in [-0.4, -0.2) is 36.5 Å². The van der Waals surface area contributed by atoms with Gasteiger partial charge >= 0.3 is 18.9 Å². The van der Waals surface area contributed by atoms with Crippen LogP contribution >= 0.6 is 0 Å². The molecule has 0 bridgehead atoms. The Morgan fingerprint density at radius 1 is 0.867 bits per heavy atom. The molecule has 0 spiro atoms. The van der Waals surface area contributed by atoms with Gasteiger partial charge in [0, 0.05) is 41.1 Å². The summed E-state index contributed by atoms with van der Waals surface area (Å²) in [6.07, 6.45) is 3.00. The molecule has 1 aromatic heterocycles. The number of halogens is 2. The Kier molecular flexibility index (Phi) is 10.6. The third kappa shape index (κ3) is 7.90. The van der Waals surface area contributed by atoms with Gasteiger partial charge in [-0.15, -0.1) is 0 Å². The smallest absolute Gasteiger partial charge is 0.550 e. The fourth-order valence-electron chi connectivity index (χ4n) is 4.54. The van der Waals surface area contributed by atoms with Gasteiger partial charge in [-0.1, -0.05) is 0 Å². The van der Waals surface area contributed by atoms with Gasteiger partial charge in [-0.3, -0.25) is 14.6 Å². The molecule has 1 aliphatic carbocycles. The van der Waals surface area contributed by atoms with Crippen LogP contribution in [0.3, 0.4) is 0 Å². The number of rotatable bonds is 13. The number of fused-ring (bicyclic) bond motifs is 1. The van der Waals surface area contributed by atoms with E-state index < -0.39 is 34.8 Å². The molecule has 2 N–H and O–H groups in total. The predicted octanol–water partition coefficient (Wildman–Crippen LogP) is 1.97. The largest absolute Gasteiger partial charge is 1.00 e. The van der Waals surface area contributed by atoms with Crippen LogP contribution in [0.2, 0.25) is 0 Å². The van der Waals surface area contributed by atoms with Crippen LogP contribution in [0.25, 0.3) is 10.9 Å². The molecule has 45 heavy (non-hydrogen) atoms. The number of ether oxygens (including phenoxy) is 3. The maximum atomic E-state index is 15.2. The molecule has 0 unspecified atom stereocenters. The summed E-state index contributed by atoms with van der Waals surface area (Å²) in [4.78, 5) is 40.7. The first-order chi connectivity index (χ1) is 21.2. The Hall–Kier alpha value is -4.66. The minimum Gasteiger partial charge on any atom is -0.550 e. The minimum atomic E-state index is -1.30. The van der Waals surface area contributed by atoms with Crippen LogP contribution in [0.4, 0.5) is 20.2 Å². The topological polar surface area (TPSA) is 139 Å². The molecule has 1 heterocycles. The average Bonchev–Trinajstić information content (AvgIpc) is 3.82. The zero-order valence-electron chi connectivity index (χ0n) is 24.7. The fraction of sp³-hybridized carbons (Fsp3) is 0.250. The monoisotopic (exact) mass is 611 g/mol. The standard InChI is InChI=1S/C32H29F2N3O7.Li/c1-42-27-17-22-24(18-28(27)43-15-3-2-4-29(38)39)35-14-11-25(22)44-26-10-9-21(16-23(26)34)37-31(41)32(12-13-32)30(40)36-20-7-5-19(33)6-8-20;/h5-11,14,16-18H,2-4,12-13,15H2,1H3,(H,36,40)(H,37,41)(H,38,39);/q;+1/p-1. The molecule has 228 valence electrons. The Labute approximate surface area is 269 Å². The summed E-state index contributed by atoms with van der Waals surface area (Å²) in [5.74, 6) is -2.45. The molecule has 1 fully saturated rings. The first-order valence-electron chi connectivity index (χ1n) is 13.8. The molecule has 0 radical (unpaired) electrons. The number of carbonyl (C=O) groups is 3. The summed E-state index contributed by atoms with van der Waals surface area (Å²) in [6.45, 7) is 0.263. The van der Waals surface area contributed by atoms with E-state index in [1.807, 2.05) is 0 Å². The number of nitrogens with one attached hydrogen (secondary N) is 2. The van der Waals surface area contributed by atoms with Crippen LogP contribution in [0.1, 0.15) is 32.1 Å². The van der Waals surface area contributed by atoms with Crippen molar-refractivity contribution in [3.8, 4) is 23.0 Å². The number of amides is 2. The van der Waals surface area contributed by atoms with E-state index in [0.29, 0.717) is 59.5 Å². The van der Waals surface area contributed by atoms with Crippen LogP contribution in [0.15, 0.2) is 66.9 Å². The normalized spacial score (nSPS) is 12.9. The third-order valence-corrected chi connectivity index (χ3v) is 7.15. The summed E-state index contributed by atoms with van der Waals surface area (Å²) >= 11 is 0. The second-order valence-corrected chi connectivity index (χ2v) is 10.3. The van der Waals surface area contributed by atoms with Crippen LogP contribution in [0, 0.1) is 17.0 Å². The number of methoxy groups -OCH3 is 1. The Balaban J connectivity index is 0.00000461. The molecule has 0 saturated heterocycles. The van der Waals surface area contributed by atoms with Crippen molar-refractivity contribution >= 4 is 40.1 Å². The van der Waals surface area contributed by atoms with E-state index in [2.05, 4.69) is 15.6 Å². The number of anilines is 2. The van der Waals surface area contributed by atoms with E-state index in [9.17, 15) is 23.9 Å². The zero-order chi connectivity index (χ0) is 31.3. The SMILES string of the molecule is COc1cc2c(Oc3ccc(NC(=O)C4(C(=O)Nc5ccc(F)cc5)CC4)cc3F)ccnc2cc1OCCCCC(=O)[O-].[Li+]. The first kappa shape index (κ1) is 33.2. The number of benzene rings is 3. The molecule has 4 aromatic rings. The zero-order valence-corrected chi connectivity index (χ0v) is 24.7. The number of carboxylic acids is 1. The molecule has 10 nitrogen and oxygen atoms in total. The average molecular weight is 612 g/mol. The number of carboxylic acid groups (broad SMARTS) is 1. The van der Waals surface area contributed by atoms with Crippen molar-refractivity contribution in [3.05, 3.63) is 78.5 Å². The van der Waals surface area contributed by atoms with Crippen LogP contribution < -0.4 is 48.8 Å². The quantitative estimate of drug-likeness (QED) is 0.133. The summed E-state index contributed by atoms with van der Waals surface area (Å²) in [5, 5.41) is 16.3. The third-order valence-electron chi connectivity index (χ3n) is 7.15. The van der Waals surface area contributed by atoms with E-state index in [0.717, 1.165) is 6.07 Å². The second kappa shape index (κ2) is 14.4. The van der Waals surface area contributed by atoms with Crippen LogP contribution in [-0.2, 0) is 14.4 Å². The van der Waals surface area contributed by atoms with Crippen molar-refractivity contribution in [1.29, 1.82) is 0 Å². The number of aromatic nitrogens is 1. The van der Waals surface area contributed by atoms with E-state index >= 15 is 4.39 Å². The molecule has 13 heteroatoms. The summed E-state index contributed by atoms with van der Waals surface area (Å²) in [7, 11) is 1.46. The Morgan fingerprint density at radius 3 is 2.20 bits per heavy atom. The predicted molar refractivity (Wildman–Crippen MR) is 154 cm³/mol. The van der Waals surface area contributed by atoms with Crippen molar-refractivity contribution in [2.24, 2.45) is 5.41 Å². The molecular formula is C32H28F2LiN3O7. The number of hydrogen-bond donors (Lipinski definition) is 2. The van der Waals surface area contributed by atoms with E-state index in [1.54, 1.807) is 18.2 Å². The number of hydrogen-bond acceptors (Lipinski definition) is 8. The number of pyridine rings is 1. The number of carbonyl (C=O) groups excluding carboxylic acids is 3. The van der Waals surface area contributed by atoms with Gasteiger partial charge in [0.25, 0.3) is 0 Å². The molecule has 1 saturated carbocycles. The Morgan fingerprint density at radius 2 is 1.56 bits per heavy atom. The minimum absolute atomic E-state index is 0. The van der Waals surface area contributed by atoms with Gasteiger partial charge in [-0.25, -0.2) is 8.78 Å². The van der Waals surface area contributed by atoms with Gasteiger partial charge in [0.1, 0.15) is 17.0 Å². The number of unbranched alkanes of at least 4 members (excludes halogenated alkanes) is 1. The maximum absolute atomic E-state index is 15.2. The molecule has 0 aliphatic heterocycles. The molecule has 1 aliphatic rings. The molecular weight excluding hydrogens is 583 g/mol. The van der Waals surface area contributed by atoms with Gasteiger partial charge in [0.05, 0.1) is 19.2 Å². The summed E-state index contributed by atoms with van der Waals surface area (Å²) < 4.78 is 45.4. The molecule has 5 rings (SSSR count). The number of nitrogens with zero attached hydrogens (tertiary/aromatic N) is 1. The van der Waals surface area contributed by atoms with Gasteiger partial charge < -0.3 is 34.7 Å². The van der Waals surface area contributed by atoms with E-state index in [1.165, 1.54) is 49.7 Å². The second-order valence-electron chi connectivity index (χ2n) is 10.3. The molecule has 0 atom stereocenters. The van der Waals surface area contributed by atoms with E-state index in [4.69, 9.17) is 14.2 Å². The number of aliphatic carboxylic acids is 1. The Bertz CT molecular complexity index is 1720. The van der Waals surface area contributed by atoms with E-state index in [-0.39, 0.29) is 43.3 Å². The van der Waals surface area contributed by atoms with Crippen LogP contribution in [0.5, 0.6) is 23.0 Å². The maximum Gasteiger partial charge on any atom is 1.00 e.